The molecule has 6 heteroatoms. The second-order valence-electron chi connectivity index (χ2n) is 6.53. The van der Waals surface area contributed by atoms with Crippen molar-refractivity contribution in [3.63, 3.8) is 0 Å². The molecular formula is C18H25ClN2O3. The van der Waals surface area contributed by atoms with Gasteiger partial charge in [-0.2, -0.15) is 0 Å². The molecule has 132 valence electrons. The Bertz CT molecular complexity index is 602. The van der Waals surface area contributed by atoms with Crippen molar-refractivity contribution in [3.05, 3.63) is 22.7 Å². The lowest BCUT2D eigenvalue weighted by Gasteiger charge is -2.38. The van der Waals surface area contributed by atoms with Gasteiger partial charge in [0, 0.05) is 37.3 Å². The van der Waals surface area contributed by atoms with E-state index in [1.165, 1.54) is 12.8 Å². The minimum absolute atomic E-state index is 0.233. The quantitative estimate of drug-likeness (QED) is 0.817. The van der Waals surface area contributed by atoms with Gasteiger partial charge in [0.1, 0.15) is 11.5 Å². The van der Waals surface area contributed by atoms with Gasteiger partial charge in [0.2, 0.25) is 5.91 Å². The second kappa shape index (κ2) is 7.62. The van der Waals surface area contributed by atoms with E-state index in [-0.39, 0.29) is 5.91 Å². The van der Waals surface area contributed by atoms with Gasteiger partial charge in [-0.05, 0) is 18.9 Å². The normalized spacial score (nSPS) is 19.8. The van der Waals surface area contributed by atoms with Crippen LogP contribution in [0.25, 0.3) is 0 Å². The second-order valence-corrected chi connectivity index (χ2v) is 6.93. The fraction of sp³-hybridized carbons (Fsp3) is 0.611. The molecule has 0 bridgehead atoms. The number of amides is 1. The highest BCUT2D eigenvalue weighted by molar-refractivity contribution is 6.31. The minimum atomic E-state index is 0.233. The van der Waals surface area contributed by atoms with Crippen molar-refractivity contribution in [1.82, 2.24) is 9.80 Å². The van der Waals surface area contributed by atoms with Crippen LogP contribution in [0.5, 0.6) is 11.5 Å². The molecule has 1 saturated carbocycles. The number of nitrogens with zero attached hydrogens (tertiary/aromatic N) is 2. The van der Waals surface area contributed by atoms with Crippen LogP contribution in [0, 0.1) is 0 Å². The summed E-state index contributed by atoms with van der Waals surface area (Å²) >= 11 is 6.40. The first kappa shape index (κ1) is 17.4. The number of ether oxygens (including phenoxy) is 2. The van der Waals surface area contributed by atoms with Crippen molar-refractivity contribution in [2.75, 3.05) is 33.9 Å². The molecule has 2 fully saturated rings. The first-order valence-corrected chi connectivity index (χ1v) is 8.92. The van der Waals surface area contributed by atoms with Crippen LogP contribution >= 0.6 is 11.6 Å². The summed E-state index contributed by atoms with van der Waals surface area (Å²) in [5.41, 5.74) is 0.905. The highest BCUT2D eigenvalue weighted by Crippen LogP contribution is 2.33. The molecule has 5 nitrogen and oxygen atoms in total. The lowest BCUT2D eigenvalue weighted by Crippen LogP contribution is -2.53. The van der Waals surface area contributed by atoms with Crippen molar-refractivity contribution in [2.24, 2.45) is 0 Å². The van der Waals surface area contributed by atoms with Crippen molar-refractivity contribution >= 4 is 17.5 Å². The highest BCUT2D eigenvalue weighted by Gasteiger charge is 2.31. The standard InChI is InChI=1S/C18H25ClN2O3/c1-23-14-9-16(19)15(17(10-14)24-2)11-20-7-8-21(18(22)12-20)13-5-3-4-6-13/h9-10,13H,3-8,11-12H2,1-2H3. The van der Waals surface area contributed by atoms with Crippen LogP contribution in [0.2, 0.25) is 5.02 Å². The van der Waals surface area contributed by atoms with Crippen LogP contribution in [0.3, 0.4) is 0 Å². The molecule has 0 unspecified atom stereocenters. The maximum atomic E-state index is 12.5. The van der Waals surface area contributed by atoms with Gasteiger partial charge in [0.05, 0.1) is 25.8 Å². The molecule has 1 aliphatic carbocycles. The Balaban J connectivity index is 1.68. The molecule has 1 saturated heterocycles. The first-order valence-electron chi connectivity index (χ1n) is 8.54. The predicted octanol–water partition coefficient (Wildman–Crippen LogP) is 2.94. The molecule has 1 heterocycles. The van der Waals surface area contributed by atoms with Crippen LogP contribution in [-0.4, -0.2) is 55.6 Å². The number of benzene rings is 1. The van der Waals surface area contributed by atoms with Crippen LogP contribution < -0.4 is 9.47 Å². The highest BCUT2D eigenvalue weighted by atomic mass is 35.5. The lowest BCUT2D eigenvalue weighted by molar-refractivity contribution is -0.138. The zero-order chi connectivity index (χ0) is 17.1. The summed E-state index contributed by atoms with van der Waals surface area (Å²) in [6.07, 6.45) is 4.81. The van der Waals surface area contributed by atoms with Gasteiger partial charge in [-0.1, -0.05) is 24.4 Å². The van der Waals surface area contributed by atoms with E-state index < -0.39 is 0 Å². The summed E-state index contributed by atoms with van der Waals surface area (Å²) < 4.78 is 10.7. The molecule has 3 rings (SSSR count). The number of methoxy groups -OCH3 is 2. The molecule has 0 atom stereocenters. The van der Waals surface area contributed by atoms with E-state index in [4.69, 9.17) is 21.1 Å². The van der Waals surface area contributed by atoms with E-state index in [1.54, 1.807) is 20.3 Å². The number of carbonyl (C=O) groups is 1. The van der Waals surface area contributed by atoms with Gasteiger partial charge in [0.15, 0.2) is 0 Å². The fourth-order valence-electron chi connectivity index (χ4n) is 3.74. The van der Waals surface area contributed by atoms with Crippen molar-refractivity contribution < 1.29 is 14.3 Å². The number of rotatable bonds is 5. The Morgan fingerprint density at radius 1 is 1.17 bits per heavy atom. The number of piperazine rings is 1. The molecule has 0 N–H and O–H groups in total. The van der Waals surface area contributed by atoms with Gasteiger partial charge in [-0.25, -0.2) is 0 Å². The monoisotopic (exact) mass is 352 g/mol. The molecule has 1 aromatic rings. The van der Waals surface area contributed by atoms with E-state index >= 15 is 0 Å². The third-order valence-electron chi connectivity index (χ3n) is 5.07. The topological polar surface area (TPSA) is 42.0 Å². The molecule has 1 aliphatic heterocycles. The molecule has 1 aromatic carbocycles. The summed E-state index contributed by atoms with van der Waals surface area (Å²) in [4.78, 5) is 16.7. The Kier molecular flexibility index (Phi) is 5.51. The molecule has 0 spiro atoms. The van der Waals surface area contributed by atoms with E-state index in [0.717, 1.165) is 31.5 Å². The molecule has 24 heavy (non-hydrogen) atoms. The van der Waals surface area contributed by atoms with E-state index in [9.17, 15) is 4.79 Å². The van der Waals surface area contributed by atoms with E-state index in [2.05, 4.69) is 9.80 Å². The fourth-order valence-corrected chi connectivity index (χ4v) is 4.00. The third-order valence-corrected chi connectivity index (χ3v) is 5.40. The van der Waals surface area contributed by atoms with Gasteiger partial charge in [-0.3, -0.25) is 9.69 Å². The summed E-state index contributed by atoms with van der Waals surface area (Å²) in [7, 11) is 3.23. The van der Waals surface area contributed by atoms with Crippen LogP contribution in [0.15, 0.2) is 12.1 Å². The number of carbonyl (C=O) groups excluding carboxylic acids is 1. The first-order chi connectivity index (χ1) is 11.6. The molecule has 0 aromatic heterocycles. The smallest absolute Gasteiger partial charge is 0.237 e. The van der Waals surface area contributed by atoms with Gasteiger partial charge >= 0.3 is 0 Å². The summed E-state index contributed by atoms with van der Waals surface area (Å²) in [5, 5.41) is 0.608. The number of hydrogen-bond acceptors (Lipinski definition) is 4. The average molecular weight is 353 g/mol. The predicted molar refractivity (Wildman–Crippen MR) is 93.8 cm³/mol. The number of halogens is 1. The molecular weight excluding hydrogens is 328 g/mol. The zero-order valence-electron chi connectivity index (χ0n) is 14.4. The molecule has 1 amide bonds. The van der Waals surface area contributed by atoms with Crippen LogP contribution in [0.4, 0.5) is 0 Å². The van der Waals surface area contributed by atoms with Gasteiger partial charge < -0.3 is 14.4 Å². The number of hydrogen-bond donors (Lipinski definition) is 0. The van der Waals surface area contributed by atoms with E-state index in [1.807, 2.05) is 6.07 Å². The Morgan fingerprint density at radius 3 is 2.54 bits per heavy atom. The SMILES string of the molecule is COc1cc(Cl)c(CN2CCN(C3CCCC3)C(=O)C2)c(OC)c1. The minimum Gasteiger partial charge on any atom is -0.497 e. The Hall–Kier alpha value is -1.46. The lowest BCUT2D eigenvalue weighted by atomic mass is 10.1. The zero-order valence-corrected chi connectivity index (χ0v) is 15.1. The van der Waals surface area contributed by atoms with Crippen LogP contribution in [0.1, 0.15) is 31.2 Å². The van der Waals surface area contributed by atoms with Crippen molar-refractivity contribution in [1.29, 1.82) is 0 Å². The van der Waals surface area contributed by atoms with E-state index in [0.29, 0.717) is 35.7 Å². The summed E-state index contributed by atoms with van der Waals surface area (Å²) in [5.74, 6) is 1.60. The maximum absolute atomic E-state index is 12.5. The summed E-state index contributed by atoms with van der Waals surface area (Å²) in [6.45, 7) is 2.73. The Morgan fingerprint density at radius 2 is 1.92 bits per heavy atom. The maximum Gasteiger partial charge on any atom is 0.237 e. The van der Waals surface area contributed by atoms with Crippen LogP contribution in [-0.2, 0) is 11.3 Å². The molecule has 0 radical (unpaired) electrons. The Labute approximate surface area is 148 Å². The third kappa shape index (κ3) is 3.62. The molecule has 2 aliphatic rings. The van der Waals surface area contributed by atoms with Gasteiger partial charge in [-0.15, -0.1) is 0 Å². The van der Waals surface area contributed by atoms with Crippen molar-refractivity contribution in [3.8, 4) is 11.5 Å². The summed E-state index contributed by atoms with van der Waals surface area (Å²) in [6, 6.07) is 4.08. The largest absolute Gasteiger partial charge is 0.497 e. The average Bonchev–Trinajstić information content (AvgIpc) is 3.10. The van der Waals surface area contributed by atoms with Crippen molar-refractivity contribution in [2.45, 2.75) is 38.3 Å². The van der Waals surface area contributed by atoms with Gasteiger partial charge in [0.25, 0.3) is 0 Å².